The highest BCUT2D eigenvalue weighted by atomic mass is 19.3. The van der Waals surface area contributed by atoms with Gasteiger partial charge in [0.05, 0.1) is 0 Å². The lowest BCUT2D eigenvalue weighted by Gasteiger charge is -2.39. The number of piperidine rings is 1. The van der Waals surface area contributed by atoms with Crippen LogP contribution in [-0.4, -0.2) is 35.7 Å². The Bertz CT molecular complexity index is 453. The van der Waals surface area contributed by atoms with E-state index in [1.807, 2.05) is 4.90 Å². The number of phenolic OH excluding ortho intramolecular Hbond substituents is 1. The molecule has 1 aromatic rings. The number of aliphatic carboxylic acids is 1. The van der Waals surface area contributed by atoms with Crippen molar-refractivity contribution in [2.24, 2.45) is 5.41 Å². The fourth-order valence-corrected chi connectivity index (χ4v) is 2.35. The molecule has 0 aliphatic carbocycles. The molecule has 0 spiro atoms. The standard InChI is InChI=1S/C13H15F2NO3/c14-11(15)13(12(18)19)5-7-16(8-6-13)9-1-3-10(17)4-2-9/h1-4,11,17H,5-8H2,(H,18,19). The molecule has 1 aliphatic heterocycles. The van der Waals surface area contributed by atoms with Crippen molar-refractivity contribution in [2.45, 2.75) is 19.3 Å². The van der Waals surface area contributed by atoms with Gasteiger partial charge in [-0.15, -0.1) is 0 Å². The van der Waals surface area contributed by atoms with Crippen LogP contribution < -0.4 is 4.90 Å². The number of rotatable bonds is 3. The minimum Gasteiger partial charge on any atom is -0.508 e. The molecule has 0 atom stereocenters. The van der Waals surface area contributed by atoms with E-state index in [0.29, 0.717) is 0 Å². The van der Waals surface area contributed by atoms with Crippen molar-refractivity contribution < 1.29 is 23.8 Å². The first-order chi connectivity index (χ1) is 8.95. The molecule has 2 N–H and O–H groups in total. The number of hydrogen-bond donors (Lipinski definition) is 2. The van der Waals surface area contributed by atoms with Gasteiger partial charge in [0.25, 0.3) is 6.43 Å². The van der Waals surface area contributed by atoms with E-state index >= 15 is 0 Å². The van der Waals surface area contributed by atoms with Gasteiger partial charge in [-0.05, 0) is 37.1 Å². The van der Waals surface area contributed by atoms with E-state index in [1.165, 1.54) is 12.1 Å². The summed E-state index contributed by atoms with van der Waals surface area (Å²) >= 11 is 0. The second kappa shape index (κ2) is 5.03. The lowest BCUT2D eigenvalue weighted by Crippen LogP contribution is -2.48. The van der Waals surface area contributed by atoms with Gasteiger partial charge in [0.15, 0.2) is 0 Å². The monoisotopic (exact) mass is 271 g/mol. The molecule has 19 heavy (non-hydrogen) atoms. The minimum atomic E-state index is -2.85. The molecule has 1 aliphatic rings. The summed E-state index contributed by atoms with van der Waals surface area (Å²) in [5.74, 6) is -1.29. The predicted octanol–water partition coefficient (Wildman–Crippen LogP) is 2.33. The number of nitrogens with zero attached hydrogens (tertiary/aromatic N) is 1. The Morgan fingerprint density at radius 1 is 1.21 bits per heavy atom. The number of phenols is 1. The lowest BCUT2D eigenvalue weighted by molar-refractivity contribution is -0.161. The van der Waals surface area contributed by atoms with E-state index in [-0.39, 0.29) is 31.7 Å². The van der Waals surface area contributed by atoms with Gasteiger partial charge in [0, 0.05) is 18.8 Å². The highest BCUT2D eigenvalue weighted by Crippen LogP contribution is 2.39. The van der Waals surface area contributed by atoms with E-state index < -0.39 is 17.8 Å². The summed E-state index contributed by atoms with van der Waals surface area (Å²) in [5, 5.41) is 18.2. The summed E-state index contributed by atoms with van der Waals surface area (Å²) in [5.41, 5.74) is -1.13. The molecule has 6 heteroatoms. The average Bonchev–Trinajstić information content (AvgIpc) is 2.39. The van der Waals surface area contributed by atoms with Gasteiger partial charge >= 0.3 is 5.97 Å². The molecule has 0 bridgehead atoms. The number of benzene rings is 1. The van der Waals surface area contributed by atoms with Gasteiger partial charge in [0.1, 0.15) is 11.2 Å². The van der Waals surface area contributed by atoms with Crippen molar-refractivity contribution in [3.8, 4) is 5.75 Å². The molecule has 0 amide bonds. The Kier molecular flexibility index (Phi) is 3.59. The number of carboxylic acids is 1. The number of hydrogen-bond acceptors (Lipinski definition) is 3. The van der Waals surface area contributed by atoms with Crippen LogP contribution in [0.25, 0.3) is 0 Å². The van der Waals surface area contributed by atoms with Crippen LogP contribution in [0.5, 0.6) is 5.75 Å². The third-order valence-corrected chi connectivity index (χ3v) is 3.71. The van der Waals surface area contributed by atoms with Crippen molar-refractivity contribution in [1.29, 1.82) is 0 Å². The van der Waals surface area contributed by atoms with Crippen LogP contribution in [0.3, 0.4) is 0 Å². The van der Waals surface area contributed by atoms with Crippen LogP contribution in [0.2, 0.25) is 0 Å². The van der Waals surface area contributed by atoms with Gasteiger partial charge in [-0.25, -0.2) is 8.78 Å². The van der Waals surface area contributed by atoms with Gasteiger partial charge in [-0.1, -0.05) is 0 Å². The SMILES string of the molecule is O=C(O)C1(C(F)F)CCN(c2ccc(O)cc2)CC1. The van der Waals surface area contributed by atoms with E-state index in [4.69, 9.17) is 5.11 Å². The molecule has 4 nitrogen and oxygen atoms in total. The minimum absolute atomic E-state index is 0.0825. The van der Waals surface area contributed by atoms with Crippen LogP contribution in [-0.2, 0) is 4.79 Å². The van der Waals surface area contributed by atoms with Crippen molar-refractivity contribution in [3.05, 3.63) is 24.3 Å². The molecule has 0 aromatic heterocycles. The number of carbonyl (C=O) groups is 1. The predicted molar refractivity (Wildman–Crippen MR) is 65.6 cm³/mol. The molecule has 1 saturated heterocycles. The number of anilines is 1. The molecular weight excluding hydrogens is 256 g/mol. The van der Waals surface area contributed by atoms with Gasteiger partial charge in [0.2, 0.25) is 0 Å². The first kappa shape index (κ1) is 13.6. The number of alkyl halides is 2. The molecule has 1 aromatic carbocycles. The number of aromatic hydroxyl groups is 1. The smallest absolute Gasteiger partial charge is 0.315 e. The largest absolute Gasteiger partial charge is 0.508 e. The quantitative estimate of drug-likeness (QED) is 0.885. The fourth-order valence-electron chi connectivity index (χ4n) is 2.35. The topological polar surface area (TPSA) is 60.8 Å². The van der Waals surface area contributed by atoms with Crippen molar-refractivity contribution in [3.63, 3.8) is 0 Å². The third-order valence-electron chi connectivity index (χ3n) is 3.71. The molecule has 1 fully saturated rings. The van der Waals surface area contributed by atoms with Gasteiger partial charge in [-0.3, -0.25) is 4.79 Å². The Labute approximate surface area is 109 Å². The van der Waals surface area contributed by atoms with E-state index in [1.54, 1.807) is 12.1 Å². The summed E-state index contributed by atoms with van der Waals surface area (Å²) in [6, 6.07) is 6.40. The van der Waals surface area contributed by atoms with Crippen molar-refractivity contribution in [1.82, 2.24) is 0 Å². The van der Waals surface area contributed by atoms with Crippen molar-refractivity contribution in [2.75, 3.05) is 18.0 Å². The van der Waals surface area contributed by atoms with Gasteiger partial charge in [-0.2, -0.15) is 0 Å². The summed E-state index contributed by atoms with van der Waals surface area (Å²) in [6.07, 6.45) is -3.02. The Morgan fingerprint density at radius 2 is 1.74 bits per heavy atom. The maximum atomic E-state index is 13.0. The van der Waals surface area contributed by atoms with Gasteiger partial charge < -0.3 is 15.1 Å². The van der Waals surface area contributed by atoms with E-state index in [9.17, 15) is 18.7 Å². The van der Waals surface area contributed by atoms with Crippen LogP contribution in [0.1, 0.15) is 12.8 Å². The third kappa shape index (κ3) is 2.47. The van der Waals surface area contributed by atoms with E-state index in [2.05, 4.69) is 0 Å². The molecule has 1 heterocycles. The molecule has 2 rings (SSSR count). The summed E-state index contributed by atoms with van der Waals surface area (Å²) < 4.78 is 26.0. The van der Waals surface area contributed by atoms with Crippen LogP contribution >= 0.6 is 0 Å². The van der Waals surface area contributed by atoms with Crippen molar-refractivity contribution >= 4 is 11.7 Å². The average molecular weight is 271 g/mol. The molecular formula is C13H15F2NO3. The first-order valence-corrected chi connectivity index (χ1v) is 6.01. The maximum Gasteiger partial charge on any atom is 0.315 e. The summed E-state index contributed by atoms with van der Waals surface area (Å²) in [6.45, 7) is 0.531. The molecule has 0 radical (unpaired) electrons. The highest BCUT2D eigenvalue weighted by Gasteiger charge is 2.49. The lowest BCUT2D eigenvalue weighted by atomic mass is 9.78. The van der Waals surface area contributed by atoms with Crippen LogP contribution in [0, 0.1) is 5.41 Å². The molecule has 0 saturated carbocycles. The van der Waals surface area contributed by atoms with Crippen LogP contribution in [0.4, 0.5) is 14.5 Å². The molecule has 0 unspecified atom stereocenters. The van der Waals surface area contributed by atoms with Crippen LogP contribution in [0.15, 0.2) is 24.3 Å². The first-order valence-electron chi connectivity index (χ1n) is 6.01. The zero-order valence-corrected chi connectivity index (χ0v) is 10.2. The zero-order valence-electron chi connectivity index (χ0n) is 10.2. The second-order valence-electron chi connectivity index (χ2n) is 4.77. The Hall–Kier alpha value is -1.85. The zero-order chi connectivity index (χ0) is 14.0. The fraction of sp³-hybridized carbons (Fsp3) is 0.462. The Morgan fingerprint density at radius 3 is 2.16 bits per heavy atom. The van der Waals surface area contributed by atoms with E-state index in [0.717, 1.165) is 5.69 Å². The summed E-state index contributed by atoms with van der Waals surface area (Å²) in [4.78, 5) is 12.9. The second-order valence-corrected chi connectivity index (χ2v) is 4.77. The summed E-state index contributed by atoms with van der Waals surface area (Å²) in [7, 11) is 0. The molecule has 104 valence electrons. The maximum absolute atomic E-state index is 13.0. The number of halogens is 2. The highest BCUT2D eigenvalue weighted by molar-refractivity contribution is 5.75. The number of carboxylic acid groups (broad SMARTS) is 1. The Balaban J connectivity index is 2.10. The normalized spacial score (nSPS) is 18.6.